The van der Waals surface area contributed by atoms with Gasteiger partial charge in [-0.1, -0.05) is 23.4 Å². The Balaban J connectivity index is 2.42. The zero-order valence-electron chi connectivity index (χ0n) is 12.2. The Morgan fingerprint density at radius 1 is 1.20 bits per heavy atom. The van der Waals surface area contributed by atoms with Crippen LogP contribution in [-0.2, 0) is 5.54 Å². The van der Waals surface area contributed by atoms with Crippen LogP contribution < -0.4 is 5.73 Å². The van der Waals surface area contributed by atoms with Crippen molar-refractivity contribution in [3.8, 4) is 11.3 Å². The second-order valence-electron chi connectivity index (χ2n) is 5.84. The summed E-state index contributed by atoms with van der Waals surface area (Å²) < 4.78 is 5.30. The van der Waals surface area contributed by atoms with Gasteiger partial charge in [0.15, 0.2) is 0 Å². The average molecular weight is 269 g/mol. The van der Waals surface area contributed by atoms with Crippen molar-refractivity contribution >= 4 is 10.9 Å². The molecular weight excluding hydrogens is 250 g/mol. The first-order valence-corrected chi connectivity index (χ1v) is 6.73. The van der Waals surface area contributed by atoms with Crippen LogP contribution in [0.3, 0.4) is 0 Å². The molecule has 0 aliphatic carbocycles. The van der Waals surface area contributed by atoms with Crippen LogP contribution in [0, 0.1) is 13.8 Å². The van der Waals surface area contributed by atoms with E-state index < -0.39 is 5.54 Å². The highest BCUT2D eigenvalue weighted by Gasteiger charge is 2.27. The van der Waals surface area contributed by atoms with E-state index >= 15 is 0 Å². The van der Waals surface area contributed by atoms with Gasteiger partial charge in [0, 0.05) is 22.0 Å². The van der Waals surface area contributed by atoms with Gasteiger partial charge in [-0.2, -0.15) is 0 Å². The lowest BCUT2D eigenvalue weighted by Gasteiger charge is -2.20. The van der Waals surface area contributed by atoms with Gasteiger partial charge in [0.25, 0.3) is 0 Å². The first-order valence-electron chi connectivity index (χ1n) is 6.73. The van der Waals surface area contributed by atoms with Crippen molar-refractivity contribution in [2.24, 2.45) is 5.73 Å². The van der Waals surface area contributed by atoms with Gasteiger partial charge in [0.2, 0.25) is 0 Å². The maximum atomic E-state index is 6.40. The van der Waals surface area contributed by atoms with Crippen LogP contribution in [0.1, 0.15) is 30.9 Å². The molecule has 2 aromatic heterocycles. The van der Waals surface area contributed by atoms with Crippen LogP contribution in [0.5, 0.6) is 0 Å². The molecule has 0 saturated heterocycles. The van der Waals surface area contributed by atoms with Crippen molar-refractivity contribution in [3.05, 3.63) is 41.3 Å². The lowest BCUT2D eigenvalue weighted by atomic mass is 9.90. The number of rotatable bonds is 2. The van der Waals surface area contributed by atoms with Gasteiger partial charge in [-0.15, -0.1) is 0 Å². The number of aromatic nitrogens is 2. The highest BCUT2D eigenvalue weighted by Crippen LogP contribution is 2.38. The molecule has 3 aromatic rings. The minimum atomic E-state index is -0.453. The van der Waals surface area contributed by atoms with Crippen molar-refractivity contribution in [3.63, 3.8) is 0 Å². The number of nitrogens with two attached hydrogens (primary N) is 1. The first kappa shape index (κ1) is 12.9. The van der Waals surface area contributed by atoms with Gasteiger partial charge in [-0.3, -0.25) is 0 Å². The molecule has 0 aliphatic rings. The molecule has 4 nitrogen and oxygen atoms in total. The van der Waals surface area contributed by atoms with E-state index in [1.54, 1.807) is 0 Å². The van der Waals surface area contributed by atoms with Crippen LogP contribution in [0.2, 0.25) is 0 Å². The second kappa shape index (κ2) is 4.21. The minimum Gasteiger partial charge on any atom is -0.361 e. The molecule has 104 valence electrons. The summed E-state index contributed by atoms with van der Waals surface area (Å²) in [4.78, 5) is 3.47. The molecule has 20 heavy (non-hydrogen) atoms. The standard InChI is InChI=1S/C16H19N3O/c1-9-13(10(2)20-19-9)15-14(16(3,4)17)11-7-5-6-8-12(11)18-15/h5-8,18H,17H2,1-4H3. The summed E-state index contributed by atoms with van der Waals surface area (Å²) in [6.07, 6.45) is 0. The molecular formula is C16H19N3O. The molecule has 0 spiro atoms. The predicted molar refractivity (Wildman–Crippen MR) is 80.5 cm³/mol. The number of fused-ring (bicyclic) bond motifs is 1. The SMILES string of the molecule is Cc1noc(C)c1-c1[nH]c2ccccc2c1C(C)(C)N. The van der Waals surface area contributed by atoms with Crippen LogP contribution in [0.25, 0.3) is 22.2 Å². The van der Waals surface area contributed by atoms with E-state index in [-0.39, 0.29) is 0 Å². The van der Waals surface area contributed by atoms with Crippen molar-refractivity contribution in [1.29, 1.82) is 0 Å². The Kier molecular flexibility index (Phi) is 2.73. The third-order valence-electron chi connectivity index (χ3n) is 3.63. The van der Waals surface area contributed by atoms with Gasteiger partial charge in [0.05, 0.1) is 17.0 Å². The van der Waals surface area contributed by atoms with Crippen molar-refractivity contribution < 1.29 is 4.52 Å². The van der Waals surface area contributed by atoms with Gasteiger partial charge in [-0.25, -0.2) is 0 Å². The van der Waals surface area contributed by atoms with Crippen molar-refractivity contribution in [2.75, 3.05) is 0 Å². The van der Waals surface area contributed by atoms with E-state index in [1.807, 2.05) is 39.8 Å². The molecule has 0 unspecified atom stereocenters. The Bertz CT molecular complexity index is 755. The molecule has 3 rings (SSSR count). The zero-order chi connectivity index (χ0) is 14.5. The summed E-state index contributed by atoms with van der Waals surface area (Å²) in [5, 5.41) is 5.20. The molecule has 2 heterocycles. The van der Waals surface area contributed by atoms with Gasteiger partial charge in [-0.05, 0) is 33.8 Å². The topological polar surface area (TPSA) is 67.8 Å². The monoisotopic (exact) mass is 269 g/mol. The van der Waals surface area contributed by atoms with Gasteiger partial charge in [0.1, 0.15) is 5.76 Å². The largest absolute Gasteiger partial charge is 0.361 e. The van der Waals surface area contributed by atoms with E-state index in [2.05, 4.69) is 22.3 Å². The number of nitrogens with one attached hydrogen (secondary N) is 1. The van der Waals surface area contributed by atoms with Gasteiger partial charge >= 0.3 is 0 Å². The van der Waals surface area contributed by atoms with E-state index in [9.17, 15) is 0 Å². The second-order valence-corrected chi connectivity index (χ2v) is 5.84. The highest BCUT2D eigenvalue weighted by molar-refractivity contribution is 5.92. The molecule has 3 N–H and O–H groups in total. The number of hydrogen-bond donors (Lipinski definition) is 2. The Morgan fingerprint density at radius 3 is 2.50 bits per heavy atom. The van der Waals surface area contributed by atoms with Crippen LogP contribution >= 0.6 is 0 Å². The molecule has 4 heteroatoms. The fraction of sp³-hybridized carbons (Fsp3) is 0.312. The quantitative estimate of drug-likeness (QED) is 0.746. The van der Waals surface area contributed by atoms with Gasteiger partial charge < -0.3 is 15.2 Å². The number of para-hydroxylation sites is 1. The maximum Gasteiger partial charge on any atom is 0.143 e. The van der Waals surface area contributed by atoms with Crippen molar-refractivity contribution in [1.82, 2.24) is 10.1 Å². The molecule has 0 radical (unpaired) electrons. The summed E-state index contributed by atoms with van der Waals surface area (Å²) >= 11 is 0. The molecule has 0 bridgehead atoms. The highest BCUT2D eigenvalue weighted by atomic mass is 16.5. The number of H-pyrrole nitrogens is 1. The van der Waals surface area contributed by atoms with E-state index in [0.29, 0.717) is 0 Å². The Hall–Kier alpha value is -2.07. The lowest BCUT2D eigenvalue weighted by Crippen LogP contribution is -2.29. The summed E-state index contributed by atoms with van der Waals surface area (Å²) in [6, 6.07) is 8.20. The third kappa shape index (κ3) is 1.84. The molecule has 0 amide bonds. The molecule has 0 fully saturated rings. The Morgan fingerprint density at radius 2 is 1.90 bits per heavy atom. The first-order chi connectivity index (χ1) is 9.39. The van der Waals surface area contributed by atoms with E-state index in [1.165, 1.54) is 0 Å². The summed E-state index contributed by atoms with van der Waals surface area (Å²) in [7, 11) is 0. The fourth-order valence-corrected chi connectivity index (χ4v) is 2.84. The Labute approximate surface area is 118 Å². The smallest absolute Gasteiger partial charge is 0.143 e. The molecule has 0 aliphatic heterocycles. The number of aryl methyl sites for hydroxylation is 2. The van der Waals surface area contributed by atoms with Crippen LogP contribution in [0.15, 0.2) is 28.8 Å². The average Bonchev–Trinajstić information content (AvgIpc) is 2.88. The van der Waals surface area contributed by atoms with E-state index in [0.717, 1.165) is 39.2 Å². The third-order valence-corrected chi connectivity index (χ3v) is 3.63. The summed E-state index contributed by atoms with van der Waals surface area (Å²) in [6.45, 7) is 7.91. The predicted octanol–water partition coefficient (Wildman–Crippen LogP) is 3.63. The summed E-state index contributed by atoms with van der Waals surface area (Å²) in [5.74, 6) is 0.805. The summed E-state index contributed by atoms with van der Waals surface area (Å²) in [5.41, 5.74) is 11.0. The number of benzene rings is 1. The number of nitrogens with zero attached hydrogens (tertiary/aromatic N) is 1. The molecule has 0 atom stereocenters. The minimum absolute atomic E-state index is 0.453. The zero-order valence-corrected chi connectivity index (χ0v) is 12.2. The lowest BCUT2D eigenvalue weighted by molar-refractivity contribution is 0.393. The van der Waals surface area contributed by atoms with Crippen molar-refractivity contribution in [2.45, 2.75) is 33.2 Å². The molecule has 1 aromatic carbocycles. The number of hydrogen-bond acceptors (Lipinski definition) is 3. The molecule has 0 saturated carbocycles. The van der Waals surface area contributed by atoms with Crippen LogP contribution in [-0.4, -0.2) is 10.1 Å². The van der Waals surface area contributed by atoms with E-state index in [4.69, 9.17) is 10.3 Å². The fourth-order valence-electron chi connectivity index (χ4n) is 2.84. The normalized spacial score (nSPS) is 12.2. The maximum absolute atomic E-state index is 6.40. The number of aromatic amines is 1. The van der Waals surface area contributed by atoms with Crippen LogP contribution in [0.4, 0.5) is 0 Å².